The first-order chi connectivity index (χ1) is 15.3. The quantitative estimate of drug-likeness (QED) is 0.573. The van der Waals surface area contributed by atoms with E-state index in [0.29, 0.717) is 29.3 Å². The van der Waals surface area contributed by atoms with Crippen molar-refractivity contribution in [3.8, 4) is 5.75 Å². The zero-order chi connectivity index (χ0) is 23.3. The molecule has 2 aromatic carbocycles. The van der Waals surface area contributed by atoms with Crippen molar-refractivity contribution in [3.63, 3.8) is 0 Å². The molecule has 1 aliphatic rings. The molecule has 1 heterocycles. The first-order valence-corrected chi connectivity index (χ1v) is 13.2. The first kappa shape index (κ1) is 24.4. The summed E-state index contributed by atoms with van der Waals surface area (Å²) in [5, 5.41) is 8.96. The maximum absolute atomic E-state index is 13.7. The minimum Gasteiger partial charge on any atom is -0.496 e. The van der Waals surface area contributed by atoms with Gasteiger partial charge in [-0.15, -0.1) is 11.8 Å². The molecular formula is C23H30N2O5S2. The van der Waals surface area contributed by atoms with E-state index in [9.17, 15) is 13.2 Å². The number of likely N-dealkylation sites (N-methyl/N-ethyl adjacent to an activating group) is 1. The first-order valence-electron chi connectivity index (χ1n) is 10.6. The van der Waals surface area contributed by atoms with Gasteiger partial charge in [-0.3, -0.25) is 4.79 Å². The number of hydrogen-bond acceptors (Lipinski definition) is 6. The standard InChI is InChI=1S/C23H30N2O5S2/c1-4-5-9-19-14-25(18-10-7-6-8-11-18)20-13-21(30-3)17(15-31-16-23(26)27)12-22(20)32(28,29)24(19)2/h6-8,10-13,19H,4-5,9,14-16H2,1-3H3,(H,26,27)/t19-/m1/s1. The fourth-order valence-corrected chi connectivity index (χ4v) is 6.22. The van der Waals surface area contributed by atoms with Crippen molar-refractivity contribution in [1.29, 1.82) is 0 Å². The van der Waals surface area contributed by atoms with E-state index in [4.69, 9.17) is 9.84 Å². The molecule has 0 saturated heterocycles. The highest BCUT2D eigenvalue weighted by Crippen LogP contribution is 2.42. The van der Waals surface area contributed by atoms with Crippen LogP contribution in [0.1, 0.15) is 31.7 Å². The fourth-order valence-electron chi connectivity index (χ4n) is 3.90. The molecule has 1 aliphatic heterocycles. The number of benzene rings is 2. The number of hydrogen-bond donors (Lipinski definition) is 1. The van der Waals surface area contributed by atoms with Crippen LogP contribution in [0.5, 0.6) is 5.75 Å². The molecule has 3 rings (SSSR count). The number of para-hydroxylation sites is 1. The number of methoxy groups -OCH3 is 1. The minimum absolute atomic E-state index is 0.0673. The Hall–Kier alpha value is -2.23. The second-order valence-electron chi connectivity index (χ2n) is 7.78. The van der Waals surface area contributed by atoms with Gasteiger partial charge in [0.2, 0.25) is 10.0 Å². The lowest BCUT2D eigenvalue weighted by Crippen LogP contribution is -2.40. The molecule has 2 aromatic rings. The van der Waals surface area contributed by atoms with E-state index in [1.165, 1.54) is 16.1 Å². The van der Waals surface area contributed by atoms with Gasteiger partial charge in [-0.25, -0.2) is 8.42 Å². The van der Waals surface area contributed by atoms with E-state index in [0.717, 1.165) is 24.9 Å². The summed E-state index contributed by atoms with van der Waals surface area (Å²) in [4.78, 5) is 13.2. The smallest absolute Gasteiger partial charge is 0.313 e. The lowest BCUT2D eigenvalue weighted by atomic mass is 10.1. The summed E-state index contributed by atoms with van der Waals surface area (Å²) >= 11 is 1.21. The molecule has 0 bridgehead atoms. The van der Waals surface area contributed by atoms with E-state index in [1.54, 1.807) is 26.3 Å². The number of carboxylic acids is 1. The third-order valence-corrected chi connectivity index (χ3v) is 8.56. The molecule has 174 valence electrons. The highest BCUT2D eigenvalue weighted by molar-refractivity contribution is 7.99. The summed E-state index contributed by atoms with van der Waals surface area (Å²) in [7, 11) is -0.563. The van der Waals surface area contributed by atoms with E-state index >= 15 is 0 Å². The topological polar surface area (TPSA) is 87.1 Å². The lowest BCUT2D eigenvalue weighted by molar-refractivity contribution is -0.133. The lowest BCUT2D eigenvalue weighted by Gasteiger charge is -2.29. The Morgan fingerprint density at radius 1 is 1.25 bits per heavy atom. The molecule has 0 radical (unpaired) electrons. The summed E-state index contributed by atoms with van der Waals surface area (Å²) < 4.78 is 34.4. The van der Waals surface area contributed by atoms with Gasteiger partial charge < -0.3 is 14.7 Å². The van der Waals surface area contributed by atoms with Crippen LogP contribution in [0.25, 0.3) is 0 Å². The van der Waals surface area contributed by atoms with Crippen LogP contribution in [0.15, 0.2) is 47.4 Å². The minimum atomic E-state index is -3.76. The maximum Gasteiger partial charge on any atom is 0.313 e. The molecule has 0 fully saturated rings. The highest BCUT2D eigenvalue weighted by atomic mass is 32.2. The molecule has 0 spiro atoms. The molecule has 1 N–H and O–H groups in total. The van der Waals surface area contributed by atoms with Crippen LogP contribution in [-0.2, 0) is 20.6 Å². The Kier molecular flexibility index (Phi) is 8.08. The monoisotopic (exact) mass is 478 g/mol. The molecule has 1 atom stereocenters. The second-order valence-corrected chi connectivity index (χ2v) is 10.7. The van der Waals surface area contributed by atoms with Gasteiger partial charge in [0.1, 0.15) is 10.6 Å². The van der Waals surface area contributed by atoms with Crippen LogP contribution in [0.2, 0.25) is 0 Å². The van der Waals surface area contributed by atoms with Crippen molar-refractivity contribution < 1.29 is 23.1 Å². The van der Waals surface area contributed by atoms with Crippen molar-refractivity contribution in [2.45, 2.75) is 42.9 Å². The second kappa shape index (κ2) is 10.6. The summed E-state index contributed by atoms with van der Waals surface area (Å²) in [6, 6.07) is 13.0. The molecule has 9 heteroatoms. The van der Waals surface area contributed by atoms with Gasteiger partial charge in [0.05, 0.1) is 18.6 Å². The zero-order valence-electron chi connectivity index (χ0n) is 18.7. The molecule has 0 amide bonds. The van der Waals surface area contributed by atoms with Gasteiger partial charge in [-0.05, 0) is 24.6 Å². The predicted octanol–water partition coefficient (Wildman–Crippen LogP) is 4.34. The van der Waals surface area contributed by atoms with Crippen LogP contribution in [-0.4, -0.2) is 56.3 Å². The van der Waals surface area contributed by atoms with Gasteiger partial charge in [-0.1, -0.05) is 38.0 Å². The van der Waals surface area contributed by atoms with Gasteiger partial charge >= 0.3 is 5.97 Å². The number of carbonyl (C=O) groups is 1. The largest absolute Gasteiger partial charge is 0.496 e. The van der Waals surface area contributed by atoms with Crippen LogP contribution in [0, 0.1) is 0 Å². The Morgan fingerprint density at radius 2 is 1.97 bits per heavy atom. The Labute approximate surface area is 194 Å². The third kappa shape index (κ3) is 5.22. The van der Waals surface area contributed by atoms with Crippen molar-refractivity contribution in [2.75, 3.05) is 31.4 Å². The predicted molar refractivity (Wildman–Crippen MR) is 129 cm³/mol. The van der Waals surface area contributed by atoms with Crippen molar-refractivity contribution in [1.82, 2.24) is 4.31 Å². The molecular weight excluding hydrogens is 448 g/mol. The van der Waals surface area contributed by atoms with E-state index in [1.807, 2.05) is 35.2 Å². The average Bonchev–Trinajstić information content (AvgIpc) is 2.86. The number of carboxylic acid groups (broad SMARTS) is 1. The summed E-state index contributed by atoms with van der Waals surface area (Å²) in [5.41, 5.74) is 2.15. The molecule has 0 aromatic heterocycles. The fraction of sp³-hybridized carbons (Fsp3) is 0.435. The average molecular weight is 479 g/mol. The van der Waals surface area contributed by atoms with Crippen LogP contribution in [0.3, 0.4) is 0 Å². The number of unbranched alkanes of at least 4 members (excludes halogenated alkanes) is 1. The summed E-state index contributed by atoms with van der Waals surface area (Å²) in [5.74, 6) is -0.0909. The number of sulfonamides is 1. The molecule has 0 aliphatic carbocycles. The van der Waals surface area contributed by atoms with Crippen LogP contribution >= 0.6 is 11.8 Å². The number of nitrogens with zero attached hydrogens (tertiary/aromatic N) is 2. The summed E-state index contributed by atoms with van der Waals surface area (Å²) in [6.45, 7) is 2.63. The molecule has 7 nitrogen and oxygen atoms in total. The summed E-state index contributed by atoms with van der Waals surface area (Å²) in [6.07, 6.45) is 2.69. The van der Waals surface area contributed by atoms with E-state index in [-0.39, 0.29) is 16.7 Å². The van der Waals surface area contributed by atoms with Gasteiger partial charge in [0.15, 0.2) is 0 Å². The van der Waals surface area contributed by atoms with Gasteiger partial charge in [-0.2, -0.15) is 4.31 Å². The molecule has 32 heavy (non-hydrogen) atoms. The number of thioether (sulfide) groups is 1. The SMILES string of the molecule is CCCC[C@@H]1CN(c2ccccc2)c2cc(OC)c(CSCC(=O)O)cc2S(=O)(=O)N1C. The Balaban J connectivity index is 2.16. The van der Waals surface area contributed by atoms with Crippen LogP contribution in [0.4, 0.5) is 11.4 Å². The van der Waals surface area contributed by atoms with E-state index in [2.05, 4.69) is 6.92 Å². The third-order valence-electron chi connectivity index (χ3n) is 5.66. The van der Waals surface area contributed by atoms with Crippen LogP contribution < -0.4 is 9.64 Å². The molecule has 0 unspecified atom stereocenters. The van der Waals surface area contributed by atoms with Gasteiger partial charge in [0.25, 0.3) is 0 Å². The van der Waals surface area contributed by atoms with Gasteiger partial charge in [0, 0.05) is 42.7 Å². The number of rotatable bonds is 9. The number of ether oxygens (including phenoxy) is 1. The zero-order valence-corrected chi connectivity index (χ0v) is 20.3. The van der Waals surface area contributed by atoms with Crippen molar-refractivity contribution in [2.24, 2.45) is 0 Å². The number of aliphatic carboxylic acids is 1. The maximum atomic E-state index is 13.7. The van der Waals surface area contributed by atoms with Crippen molar-refractivity contribution in [3.05, 3.63) is 48.0 Å². The normalized spacial score (nSPS) is 18.1. The Bertz CT molecular complexity index is 1040. The highest BCUT2D eigenvalue weighted by Gasteiger charge is 2.37. The number of anilines is 2. The van der Waals surface area contributed by atoms with E-state index < -0.39 is 16.0 Å². The Morgan fingerprint density at radius 3 is 2.59 bits per heavy atom. The number of fused-ring (bicyclic) bond motifs is 1. The van der Waals surface area contributed by atoms with Crippen molar-refractivity contribution >= 4 is 39.1 Å². The molecule has 0 saturated carbocycles.